The third kappa shape index (κ3) is 2.43. The third-order valence-electron chi connectivity index (χ3n) is 5.70. The number of rotatable bonds is 3. The smallest absolute Gasteiger partial charge is 0.228 e. The van der Waals surface area contributed by atoms with Gasteiger partial charge < -0.3 is 11.1 Å². The number of benzene rings is 1. The van der Waals surface area contributed by atoms with Crippen LogP contribution in [-0.2, 0) is 9.59 Å². The van der Waals surface area contributed by atoms with Crippen molar-refractivity contribution in [3.63, 3.8) is 0 Å². The Hall–Kier alpha value is -1.11. The number of hydrogen-bond donors (Lipinski definition) is 2. The van der Waals surface area contributed by atoms with Crippen molar-refractivity contribution < 1.29 is 9.59 Å². The fourth-order valence-electron chi connectivity index (χ4n) is 4.64. The van der Waals surface area contributed by atoms with Gasteiger partial charge in [-0.05, 0) is 76.9 Å². The van der Waals surface area contributed by atoms with Gasteiger partial charge in [-0.2, -0.15) is 0 Å². The van der Waals surface area contributed by atoms with Gasteiger partial charge in [-0.25, -0.2) is 0 Å². The van der Waals surface area contributed by atoms with Crippen LogP contribution in [0.4, 0.5) is 5.69 Å². The molecule has 2 saturated carbocycles. The van der Waals surface area contributed by atoms with Crippen molar-refractivity contribution in [3.05, 3.63) is 27.8 Å². The second-order valence-electron chi connectivity index (χ2n) is 7.06. The molecule has 1 aromatic carbocycles. The van der Waals surface area contributed by atoms with Crippen LogP contribution in [0.2, 0.25) is 0 Å². The number of anilines is 1. The first-order chi connectivity index (χ1) is 10.3. The number of nitrogens with one attached hydrogen (secondary N) is 1. The summed E-state index contributed by atoms with van der Waals surface area (Å²) in [6.45, 7) is 4.34. The van der Waals surface area contributed by atoms with E-state index in [1.807, 2.05) is 24.3 Å². The van der Waals surface area contributed by atoms with Gasteiger partial charge in [0.15, 0.2) is 0 Å². The second-order valence-corrected chi connectivity index (χ2v) is 8.31. The number of amides is 2. The van der Waals surface area contributed by atoms with Crippen molar-refractivity contribution in [1.82, 2.24) is 0 Å². The Labute approximate surface area is 144 Å². The fraction of sp³-hybridized carbons (Fsp3) is 0.529. The number of hydrogen-bond acceptors (Lipinski definition) is 2. The molecule has 0 aromatic heterocycles. The van der Waals surface area contributed by atoms with Gasteiger partial charge in [0.25, 0.3) is 0 Å². The molecule has 0 aliphatic heterocycles. The molecule has 2 aliphatic rings. The highest BCUT2D eigenvalue weighted by atomic mass is 127. The van der Waals surface area contributed by atoms with Gasteiger partial charge in [-0.15, -0.1) is 0 Å². The molecule has 2 fully saturated rings. The molecule has 3 N–H and O–H groups in total. The molecule has 4 nitrogen and oxygen atoms in total. The Morgan fingerprint density at radius 3 is 2.23 bits per heavy atom. The van der Waals surface area contributed by atoms with E-state index >= 15 is 0 Å². The molecule has 2 amide bonds. The van der Waals surface area contributed by atoms with Crippen LogP contribution in [0.5, 0.6) is 0 Å². The van der Waals surface area contributed by atoms with E-state index in [1.165, 1.54) is 0 Å². The maximum absolute atomic E-state index is 12.8. The summed E-state index contributed by atoms with van der Waals surface area (Å²) >= 11 is 2.23. The molecule has 0 radical (unpaired) electrons. The Morgan fingerprint density at radius 1 is 1.14 bits per heavy atom. The minimum Gasteiger partial charge on any atom is -0.369 e. The maximum atomic E-state index is 12.8. The zero-order valence-corrected chi connectivity index (χ0v) is 15.0. The summed E-state index contributed by atoms with van der Waals surface area (Å²) in [5, 5.41) is 2.97. The lowest BCUT2D eigenvalue weighted by Crippen LogP contribution is -2.40. The minimum atomic E-state index is -0.336. The lowest BCUT2D eigenvalue weighted by atomic mass is 9.78. The Kier molecular flexibility index (Phi) is 3.95. The van der Waals surface area contributed by atoms with E-state index in [4.69, 9.17) is 5.73 Å². The number of carbonyl (C=O) groups is 2. The van der Waals surface area contributed by atoms with Crippen LogP contribution in [0, 0.1) is 32.7 Å². The molecule has 3 rings (SSSR count). The molecule has 0 unspecified atom stereocenters. The van der Waals surface area contributed by atoms with Crippen molar-refractivity contribution >= 4 is 40.1 Å². The van der Waals surface area contributed by atoms with Crippen LogP contribution in [0.3, 0.4) is 0 Å². The van der Waals surface area contributed by atoms with Gasteiger partial charge in [0.2, 0.25) is 11.8 Å². The lowest BCUT2D eigenvalue weighted by molar-refractivity contribution is -0.132. The van der Waals surface area contributed by atoms with Crippen LogP contribution in [0.1, 0.15) is 26.7 Å². The maximum Gasteiger partial charge on any atom is 0.228 e. The van der Waals surface area contributed by atoms with Gasteiger partial charge in [0.1, 0.15) is 0 Å². The summed E-state index contributed by atoms with van der Waals surface area (Å²) < 4.78 is 1.12. The van der Waals surface area contributed by atoms with Crippen molar-refractivity contribution in [2.24, 2.45) is 34.8 Å². The summed E-state index contributed by atoms with van der Waals surface area (Å²) in [6, 6.07) is 7.67. The normalized spacial score (nSPS) is 32.0. The second kappa shape index (κ2) is 5.51. The van der Waals surface area contributed by atoms with E-state index in [9.17, 15) is 9.59 Å². The highest BCUT2D eigenvalue weighted by Crippen LogP contribution is 2.63. The number of halogens is 1. The fourth-order valence-corrected chi connectivity index (χ4v) is 5.00. The Bertz CT molecular complexity index is 612. The van der Waals surface area contributed by atoms with Gasteiger partial charge in [0, 0.05) is 9.26 Å². The SMILES string of the molecule is CC1(C)[C@@H]2CC[C@H]1[C@@H](C(=O)Nc1ccc(I)cc1)[C@H]2C(N)=O. The summed E-state index contributed by atoms with van der Waals surface area (Å²) in [4.78, 5) is 24.7. The van der Waals surface area contributed by atoms with E-state index in [-0.39, 0.29) is 40.9 Å². The third-order valence-corrected chi connectivity index (χ3v) is 6.42. The molecule has 0 saturated heterocycles. The highest BCUT2D eigenvalue weighted by molar-refractivity contribution is 14.1. The molecule has 2 aliphatic carbocycles. The van der Waals surface area contributed by atoms with Gasteiger partial charge >= 0.3 is 0 Å². The lowest BCUT2D eigenvalue weighted by Gasteiger charge is -2.27. The van der Waals surface area contributed by atoms with Crippen molar-refractivity contribution in [2.75, 3.05) is 5.32 Å². The van der Waals surface area contributed by atoms with Crippen LogP contribution < -0.4 is 11.1 Å². The topological polar surface area (TPSA) is 72.2 Å². The zero-order valence-electron chi connectivity index (χ0n) is 12.8. The van der Waals surface area contributed by atoms with E-state index in [0.29, 0.717) is 0 Å². The molecule has 118 valence electrons. The van der Waals surface area contributed by atoms with E-state index in [2.05, 4.69) is 41.8 Å². The predicted octanol–water partition coefficient (Wildman–Crippen LogP) is 3.01. The molecule has 4 atom stereocenters. The first-order valence-electron chi connectivity index (χ1n) is 7.68. The first kappa shape index (κ1) is 15.8. The molecule has 5 heteroatoms. The molecule has 22 heavy (non-hydrogen) atoms. The monoisotopic (exact) mass is 412 g/mol. The summed E-state index contributed by atoms with van der Waals surface area (Å²) in [5.74, 6) is -0.572. The van der Waals surface area contributed by atoms with E-state index in [1.54, 1.807) is 0 Å². The number of carbonyl (C=O) groups excluding carboxylic acids is 2. The molecular formula is C17H21IN2O2. The number of nitrogens with two attached hydrogens (primary N) is 1. The minimum absolute atomic E-state index is 0.00771. The molecule has 0 spiro atoms. The largest absolute Gasteiger partial charge is 0.369 e. The standard InChI is InChI=1S/C17H21IN2O2/c1-17(2)11-7-8-12(17)14(13(11)15(19)21)16(22)20-10-5-3-9(18)4-6-10/h3-6,11-14H,7-8H2,1-2H3,(H2,19,21)(H,20,22)/t11-,12+,13+,14-/m1/s1. The van der Waals surface area contributed by atoms with Crippen LogP contribution in [0.25, 0.3) is 0 Å². The van der Waals surface area contributed by atoms with Gasteiger partial charge in [0.05, 0.1) is 11.8 Å². The van der Waals surface area contributed by atoms with E-state index < -0.39 is 0 Å². The van der Waals surface area contributed by atoms with Gasteiger partial charge in [-0.1, -0.05) is 13.8 Å². The zero-order chi connectivity index (χ0) is 16.1. The number of fused-ring (bicyclic) bond motifs is 2. The van der Waals surface area contributed by atoms with Crippen LogP contribution >= 0.6 is 22.6 Å². The van der Waals surface area contributed by atoms with Crippen LogP contribution in [0.15, 0.2) is 24.3 Å². The van der Waals surface area contributed by atoms with Crippen molar-refractivity contribution in [3.8, 4) is 0 Å². The molecule has 2 bridgehead atoms. The summed E-state index contributed by atoms with van der Waals surface area (Å²) in [6.07, 6.45) is 2.00. The summed E-state index contributed by atoms with van der Waals surface area (Å²) in [7, 11) is 0. The number of primary amides is 1. The highest BCUT2D eigenvalue weighted by Gasteiger charge is 2.62. The average molecular weight is 412 g/mol. The van der Waals surface area contributed by atoms with Crippen molar-refractivity contribution in [1.29, 1.82) is 0 Å². The van der Waals surface area contributed by atoms with Crippen LogP contribution in [-0.4, -0.2) is 11.8 Å². The Morgan fingerprint density at radius 2 is 1.68 bits per heavy atom. The van der Waals surface area contributed by atoms with Crippen molar-refractivity contribution in [2.45, 2.75) is 26.7 Å². The van der Waals surface area contributed by atoms with E-state index in [0.717, 1.165) is 22.1 Å². The predicted molar refractivity (Wildman–Crippen MR) is 94.0 cm³/mol. The summed E-state index contributed by atoms with van der Waals surface area (Å²) in [5.41, 5.74) is 6.41. The molecular weight excluding hydrogens is 391 g/mol. The first-order valence-corrected chi connectivity index (χ1v) is 8.76. The molecule has 1 aromatic rings. The Balaban J connectivity index is 1.84. The average Bonchev–Trinajstić information content (AvgIpc) is 2.87. The quantitative estimate of drug-likeness (QED) is 0.750. The molecule has 0 heterocycles. The van der Waals surface area contributed by atoms with Gasteiger partial charge in [-0.3, -0.25) is 9.59 Å².